The molecule has 0 aromatic heterocycles. The minimum absolute atomic E-state index is 0.0138. The molecule has 118 valence electrons. The molecule has 0 bridgehead atoms. The topological polar surface area (TPSA) is 134 Å². The fourth-order valence-electron chi connectivity index (χ4n) is 2.74. The van der Waals surface area contributed by atoms with Crippen molar-refractivity contribution in [3.63, 3.8) is 0 Å². The number of hydrogen-bond donors (Lipinski definition) is 3. The van der Waals surface area contributed by atoms with Crippen LogP contribution in [-0.2, 0) is 9.59 Å². The molecule has 0 radical (unpaired) electrons. The van der Waals surface area contributed by atoms with Gasteiger partial charge in [-0.15, -0.1) is 0 Å². The van der Waals surface area contributed by atoms with Gasteiger partial charge in [-0.1, -0.05) is 19.3 Å². The van der Waals surface area contributed by atoms with Crippen LogP contribution in [0.2, 0.25) is 0 Å². The van der Waals surface area contributed by atoms with Gasteiger partial charge in [0.05, 0.1) is 17.1 Å². The first-order valence-electron chi connectivity index (χ1n) is 7.54. The largest absolute Gasteiger partial charge is 0.365 e. The first kappa shape index (κ1) is 16.0. The van der Waals surface area contributed by atoms with Gasteiger partial charge in [0.2, 0.25) is 5.91 Å². The van der Waals surface area contributed by atoms with Crippen molar-refractivity contribution < 1.29 is 9.59 Å². The average Bonchev–Trinajstić information content (AvgIpc) is 3.36. The van der Waals surface area contributed by atoms with E-state index >= 15 is 0 Å². The number of rotatable bonds is 4. The minimum atomic E-state index is -0.750. The number of nitrogens with two attached hydrogens (primary N) is 2. The summed E-state index contributed by atoms with van der Waals surface area (Å²) in [7, 11) is 0. The van der Waals surface area contributed by atoms with Crippen LogP contribution < -0.4 is 16.9 Å². The lowest BCUT2D eigenvalue weighted by Crippen LogP contribution is -2.38. The van der Waals surface area contributed by atoms with E-state index in [0.29, 0.717) is 12.8 Å². The Morgan fingerprint density at radius 1 is 1.27 bits per heavy atom. The zero-order chi connectivity index (χ0) is 16.2. The highest BCUT2D eigenvalue weighted by Gasteiger charge is 2.34. The Morgan fingerprint density at radius 2 is 1.91 bits per heavy atom. The number of amidine groups is 1. The fourth-order valence-corrected chi connectivity index (χ4v) is 2.74. The molecule has 0 atom stereocenters. The van der Waals surface area contributed by atoms with Crippen LogP contribution in [0.4, 0.5) is 0 Å². The van der Waals surface area contributed by atoms with Crippen molar-refractivity contribution in [1.29, 1.82) is 5.26 Å². The molecule has 2 aliphatic carbocycles. The summed E-state index contributed by atoms with van der Waals surface area (Å²) in [6.07, 6.45) is 7.40. The van der Waals surface area contributed by atoms with Crippen LogP contribution in [0.1, 0.15) is 44.9 Å². The number of amides is 2. The molecule has 0 spiro atoms. The van der Waals surface area contributed by atoms with Gasteiger partial charge >= 0.3 is 0 Å². The number of hydrogen-bond acceptors (Lipinski definition) is 5. The Morgan fingerprint density at radius 3 is 2.36 bits per heavy atom. The summed E-state index contributed by atoms with van der Waals surface area (Å²) in [4.78, 5) is 23.6. The third kappa shape index (κ3) is 3.64. The molecule has 2 amide bonds. The first-order valence-corrected chi connectivity index (χ1v) is 7.54. The third-order valence-electron chi connectivity index (χ3n) is 4.23. The molecule has 22 heavy (non-hydrogen) atoms. The molecule has 0 unspecified atom stereocenters. The van der Waals surface area contributed by atoms with Crippen molar-refractivity contribution in [3.8, 4) is 6.07 Å². The van der Waals surface area contributed by atoms with E-state index in [2.05, 4.69) is 16.5 Å². The maximum absolute atomic E-state index is 11.9. The molecule has 7 heteroatoms. The highest BCUT2D eigenvalue weighted by atomic mass is 16.2. The summed E-state index contributed by atoms with van der Waals surface area (Å²) in [6, 6.07) is 2.28. The normalized spacial score (nSPS) is 21.8. The number of carbonyl (C=O) groups is 2. The Hall–Kier alpha value is -2.36. The Balaban J connectivity index is 2.26. The molecular weight excluding hydrogens is 282 g/mol. The van der Waals surface area contributed by atoms with Crippen molar-refractivity contribution in [1.82, 2.24) is 5.32 Å². The van der Waals surface area contributed by atoms with Gasteiger partial charge in [-0.2, -0.15) is 10.4 Å². The van der Waals surface area contributed by atoms with Gasteiger partial charge in [0.15, 0.2) is 5.84 Å². The molecule has 0 saturated heterocycles. The van der Waals surface area contributed by atoms with Gasteiger partial charge in [-0.25, -0.2) is 0 Å². The maximum atomic E-state index is 11.9. The molecule has 0 heterocycles. The van der Waals surface area contributed by atoms with E-state index < -0.39 is 11.3 Å². The number of hydrazone groups is 1. The van der Waals surface area contributed by atoms with Crippen molar-refractivity contribution in [2.75, 3.05) is 0 Å². The maximum Gasteiger partial charge on any atom is 0.252 e. The number of nitrogens with zero attached hydrogens (tertiary/aromatic N) is 2. The van der Waals surface area contributed by atoms with Crippen LogP contribution in [0.25, 0.3) is 0 Å². The predicted octanol–water partition coefficient (Wildman–Crippen LogP) is 0.671. The lowest BCUT2D eigenvalue weighted by atomic mass is 9.74. The van der Waals surface area contributed by atoms with Crippen LogP contribution in [0.5, 0.6) is 0 Å². The zero-order valence-corrected chi connectivity index (χ0v) is 12.5. The standard InChI is InChI=1S/C15H21N5O2/c16-9-15(6-2-1-3-7-15)8-11(12(17)21)13(20-18)19-14(22)10-4-5-10/h8,10H,1-7,18H2,(H2,17,21)(H,19,20,22)/b11-8-. The fraction of sp³-hybridized carbons (Fsp3) is 0.600. The van der Waals surface area contributed by atoms with Gasteiger partial charge in [0.25, 0.3) is 5.91 Å². The summed E-state index contributed by atoms with van der Waals surface area (Å²) >= 11 is 0. The van der Waals surface area contributed by atoms with E-state index in [1.807, 2.05) is 0 Å². The Bertz CT molecular complexity index is 563. The number of allylic oxidation sites excluding steroid dienone is 1. The minimum Gasteiger partial charge on any atom is -0.365 e. The van der Waals surface area contributed by atoms with Crippen LogP contribution in [0.3, 0.4) is 0 Å². The van der Waals surface area contributed by atoms with Crippen LogP contribution in [0, 0.1) is 22.7 Å². The molecule has 7 nitrogen and oxygen atoms in total. The van der Waals surface area contributed by atoms with Gasteiger partial charge in [-0.3, -0.25) is 9.59 Å². The van der Waals surface area contributed by atoms with E-state index in [4.69, 9.17) is 11.6 Å². The number of nitrogens with one attached hydrogen (secondary N) is 1. The second-order valence-corrected chi connectivity index (χ2v) is 5.99. The van der Waals surface area contributed by atoms with Gasteiger partial charge in [-0.05, 0) is 31.8 Å². The quantitative estimate of drug-likeness (QED) is 0.231. The van der Waals surface area contributed by atoms with Gasteiger partial charge in [0.1, 0.15) is 0 Å². The van der Waals surface area contributed by atoms with E-state index in [-0.39, 0.29) is 23.2 Å². The molecule has 0 aromatic rings. The van der Waals surface area contributed by atoms with E-state index in [9.17, 15) is 14.9 Å². The molecule has 2 fully saturated rings. The summed E-state index contributed by atoms with van der Waals surface area (Å²) in [5.74, 6) is 4.24. The average molecular weight is 303 g/mol. The monoisotopic (exact) mass is 303 g/mol. The van der Waals surface area contributed by atoms with Crippen LogP contribution in [-0.4, -0.2) is 17.6 Å². The zero-order valence-electron chi connectivity index (χ0n) is 12.5. The molecule has 0 aromatic carbocycles. The summed E-state index contributed by atoms with van der Waals surface area (Å²) in [5, 5.41) is 15.5. The Kier molecular flexibility index (Phi) is 4.81. The second-order valence-electron chi connectivity index (χ2n) is 5.99. The number of primary amides is 1. The Labute approximate surface area is 129 Å². The number of nitriles is 1. The van der Waals surface area contributed by atoms with E-state index in [0.717, 1.165) is 32.1 Å². The van der Waals surface area contributed by atoms with Gasteiger partial charge < -0.3 is 16.9 Å². The van der Waals surface area contributed by atoms with Crippen LogP contribution >= 0.6 is 0 Å². The summed E-state index contributed by atoms with van der Waals surface area (Å²) in [5.41, 5.74) is 4.67. The summed E-state index contributed by atoms with van der Waals surface area (Å²) < 4.78 is 0. The smallest absolute Gasteiger partial charge is 0.252 e. The molecule has 2 saturated carbocycles. The predicted molar refractivity (Wildman–Crippen MR) is 80.9 cm³/mol. The first-order chi connectivity index (χ1) is 10.5. The van der Waals surface area contributed by atoms with Crippen molar-refractivity contribution in [2.24, 2.45) is 28.0 Å². The van der Waals surface area contributed by atoms with E-state index in [1.54, 1.807) is 0 Å². The van der Waals surface area contributed by atoms with Gasteiger partial charge in [0, 0.05) is 5.92 Å². The number of carbonyl (C=O) groups excluding carboxylic acids is 2. The van der Waals surface area contributed by atoms with Crippen LogP contribution in [0.15, 0.2) is 16.8 Å². The molecule has 5 N–H and O–H groups in total. The highest BCUT2D eigenvalue weighted by Crippen LogP contribution is 2.38. The molecule has 0 aliphatic heterocycles. The lowest BCUT2D eigenvalue weighted by Gasteiger charge is -2.28. The van der Waals surface area contributed by atoms with Crippen molar-refractivity contribution in [2.45, 2.75) is 44.9 Å². The van der Waals surface area contributed by atoms with Crippen molar-refractivity contribution >= 4 is 17.6 Å². The lowest BCUT2D eigenvalue weighted by molar-refractivity contribution is -0.120. The second kappa shape index (κ2) is 6.60. The third-order valence-corrected chi connectivity index (χ3v) is 4.23. The molecule has 2 rings (SSSR count). The molecular formula is C15H21N5O2. The SMILES string of the molecule is N#CC1(/C=C(C(N)=O)\C(=N/N)NC(=O)C2CC2)CCCCC1. The van der Waals surface area contributed by atoms with E-state index in [1.165, 1.54) is 6.08 Å². The van der Waals surface area contributed by atoms with Crippen molar-refractivity contribution in [3.05, 3.63) is 11.6 Å². The molecule has 2 aliphatic rings. The highest BCUT2D eigenvalue weighted by molar-refractivity contribution is 6.23. The summed E-state index contributed by atoms with van der Waals surface area (Å²) in [6.45, 7) is 0.